The zero-order valence-corrected chi connectivity index (χ0v) is 13.6. The summed E-state index contributed by atoms with van der Waals surface area (Å²) >= 11 is 2.63. The number of amides is 1. The normalized spacial score (nSPS) is 9.26. The number of nitrogen functional groups attached to an aromatic ring is 2. The number of anilines is 2. The van der Waals surface area contributed by atoms with Gasteiger partial charge < -0.3 is 21.9 Å². The maximum atomic E-state index is 10.9. The van der Waals surface area contributed by atoms with Crippen LogP contribution in [0.4, 0.5) is 10.3 Å². The highest BCUT2D eigenvalue weighted by atomic mass is 32.1. The van der Waals surface area contributed by atoms with Crippen molar-refractivity contribution in [2.75, 3.05) is 18.1 Å². The quantitative estimate of drug-likeness (QED) is 0.680. The number of carbonyl (C=O) groups is 2. The lowest BCUT2D eigenvalue weighted by atomic mass is 10.3. The summed E-state index contributed by atoms with van der Waals surface area (Å²) in [6, 6.07) is 0. The van der Waals surface area contributed by atoms with Crippen LogP contribution in [0.3, 0.4) is 0 Å². The number of esters is 1. The van der Waals surface area contributed by atoms with Gasteiger partial charge in [-0.1, -0.05) is 7.43 Å². The number of ether oxygens (including phenoxy) is 1. The fourth-order valence-electron chi connectivity index (χ4n) is 1.35. The molecule has 0 aliphatic rings. The molecule has 0 saturated heterocycles. The zero-order chi connectivity index (χ0) is 16.5. The van der Waals surface area contributed by atoms with Crippen molar-refractivity contribution < 1.29 is 14.3 Å². The second-order valence-electron chi connectivity index (χ2n) is 3.98. The zero-order valence-electron chi connectivity index (χ0n) is 11.9. The summed E-state index contributed by atoms with van der Waals surface area (Å²) in [4.78, 5) is 29.0. The molecule has 6 N–H and O–H groups in total. The van der Waals surface area contributed by atoms with Crippen molar-refractivity contribution in [2.45, 2.75) is 27.2 Å². The van der Waals surface area contributed by atoms with Gasteiger partial charge in [0.1, 0.15) is 0 Å². The fraction of sp³-hybridized carbons (Fsp3) is 0.385. The van der Waals surface area contributed by atoms with E-state index in [1.807, 2.05) is 0 Å². The highest BCUT2D eigenvalue weighted by Gasteiger charge is 2.06. The number of carbonyl (C=O) groups excluding carboxylic acids is 2. The Kier molecular flexibility index (Phi) is 9.51. The van der Waals surface area contributed by atoms with Gasteiger partial charge in [0.2, 0.25) is 5.91 Å². The number of primary amides is 1. The molecule has 1 amide bonds. The van der Waals surface area contributed by atoms with Gasteiger partial charge in [-0.05, 0) is 6.92 Å². The van der Waals surface area contributed by atoms with Crippen molar-refractivity contribution in [3.8, 4) is 0 Å². The van der Waals surface area contributed by atoms with Crippen LogP contribution in [-0.2, 0) is 27.2 Å². The van der Waals surface area contributed by atoms with Gasteiger partial charge in [0.15, 0.2) is 10.3 Å². The molecule has 0 bridgehead atoms. The maximum Gasteiger partial charge on any atom is 0.311 e. The highest BCUT2D eigenvalue weighted by Crippen LogP contribution is 2.11. The van der Waals surface area contributed by atoms with E-state index in [2.05, 4.69) is 9.97 Å². The molecule has 2 aromatic heterocycles. The molecule has 0 fully saturated rings. The van der Waals surface area contributed by atoms with Gasteiger partial charge in [-0.15, -0.1) is 22.7 Å². The van der Waals surface area contributed by atoms with Gasteiger partial charge in [0.25, 0.3) is 0 Å². The van der Waals surface area contributed by atoms with Crippen LogP contribution in [0.1, 0.15) is 25.7 Å². The van der Waals surface area contributed by atoms with Crippen LogP contribution in [0.5, 0.6) is 0 Å². The van der Waals surface area contributed by atoms with Crippen molar-refractivity contribution in [1.82, 2.24) is 9.97 Å². The van der Waals surface area contributed by atoms with Crippen molar-refractivity contribution in [3.05, 3.63) is 22.1 Å². The number of thiazole rings is 2. The van der Waals surface area contributed by atoms with Gasteiger partial charge in [-0.3, -0.25) is 9.59 Å². The maximum absolute atomic E-state index is 10.9. The second kappa shape index (κ2) is 10.5. The third-order valence-electron chi connectivity index (χ3n) is 2.13. The van der Waals surface area contributed by atoms with Crippen molar-refractivity contribution in [3.63, 3.8) is 0 Å². The van der Waals surface area contributed by atoms with Gasteiger partial charge in [0.05, 0.1) is 30.8 Å². The standard InChI is InChI=1S/C7H10N2O2S.C5H7N3OS.CH4/c1-2-11-6(10)3-5-4-12-7(8)9-5;6-4(9)1-3-2-10-5(7)8-3;/h4H,2-3H2,1H3,(H2,8,9);2H,1H2,(H2,6,9)(H2,7,8);1H4. The van der Waals surface area contributed by atoms with Gasteiger partial charge in [0, 0.05) is 10.8 Å². The molecule has 0 saturated carbocycles. The van der Waals surface area contributed by atoms with Gasteiger partial charge in [-0.25, -0.2) is 9.97 Å². The average molecular weight is 359 g/mol. The molecule has 0 aromatic carbocycles. The topological polar surface area (TPSA) is 147 Å². The molecular weight excluding hydrogens is 338 g/mol. The Labute approximate surface area is 142 Å². The van der Waals surface area contributed by atoms with E-state index in [1.54, 1.807) is 17.7 Å². The summed E-state index contributed by atoms with van der Waals surface area (Å²) in [5.74, 6) is -0.645. The van der Waals surface area contributed by atoms with E-state index in [1.165, 1.54) is 22.7 Å². The molecule has 128 valence electrons. The molecule has 10 heteroatoms. The van der Waals surface area contributed by atoms with E-state index in [-0.39, 0.29) is 32.1 Å². The largest absolute Gasteiger partial charge is 0.466 e. The first-order valence-electron chi connectivity index (χ1n) is 6.24. The number of hydrogen-bond acceptors (Lipinski definition) is 9. The Balaban J connectivity index is 0.000000409. The van der Waals surface area contributed by atoms with Crippen LogP contribution in [0.2, 0.25) is 0 Å². The van der Waals surface area contributed by atoms with E-state index >= 15 is 0 Å². The molecule has 2 heterocycles. The molecule has 2 aromatic rings. The monoisotopic (exact) mass is 359 g/mol. The number of hydrogen-bond donors (Lipinski definition) is 3. The lowest BCUT2D eigenvalue weighted by Crippen LogP contribution is -2.13. The Morgan fingerprint density at radius 1 is 1.09 bits per heavy atom. The fourth-order valence-corrected chi connectivity index (χ4v) is 2.47. The number of nitrogens with zero attached hydrogens (tertiary/aromatic N) is 2. The predicted octanol–water partition coefficient (Wildman–Crippen LogP) is 1.22. The molecule has 2 rings (SSSR count). The average Bonchev–Trinajstić information content (AvgIpc) is 2.99. The first-order valence-corrected chi connectivity index (χ1v) is 8.00. The number of aromatic nitrogens is 2. The van der Waals surface area contributed by atoms with Crippen molar-refractivity contribution >= 4 is 44.8 Å². The molecule has 8 nitrogen and oxygen atoms in total. The summed E-state index contributed by atoms with van der Waals surface area (Å²) in [6.07, 6.45) is 0.384. The Hall–Kier alpha value is -2.20. The molecule has 0 radical (unpaired) electrons. The minimum atomic E-state index is -0.384. The molecule has 0 unspecified atom stereocenters. The number of rotatable bonds is 5. The molecule has 0 aliphatic carbocycles. The summed E-state index contributed by atoms with van der Waals surface area (Å²) in [5.41, 5.74) is 16.9. The van der Waals surface area contributed by atoms with Crippen LogP contribution >= 0.6 is 22.7 Å². The van der Waals surface area contributed by atoms with Crippen LogP contribution < -0.4 is 17.2 Å². The van der Waals surface area contributed by atoms with Crippen LogP contribution in [0.25, 0.3) is 0 Å². The first kappa shape index (κ1) is 20.8. The van der Waals surface area contributed by atoms with Crippen molar-refractivity contribution in [1.29, 1.82) is 0 Å². The van der Waals surface area contributed by atoms with E-state index in [4.69, 9.17) is 21.9 Å². The Bertz CT molecular complexity index is 627. The van der Waals surface area contributed by atoms with Gasteiger partial charge >= 0.3 is 5.97 Å². The third kappa shape index (κ3) is 8.73. The third-order valence-corrected chi connectivity index (χ3v) is 3.57. The smallest absolute Gasteiger partial charge is 0.311 e. The van der Waals surface area contributed by atoms with E-state index < -0.39 is 0 Å². The van der Waals surface area contributed by atoms with E-state index in [0.29, 0.717) is 28.3 Å². The minimum absolute atomic E-state index is 0. The molecular formula is C13H21N5O3S2. The molecule has 0 atom stereocenters. The predicted molar refractivity (Wildman–Crippen MR) is 93.0 cm³/mol. The first-order chi connectivity index (χ1) is 10.4. The Morgan fingerprint density at radius 3 is 1.91 bits per heavy atom. The summed E-state index contributed by atoms with van der Waals surface area (Å²) in [5, 5.41) is 4.43. The lowest BCUT2D eigenvalue weighted by molar-refractivity contribution is -0.142. The molecule has 23 heavy (non-hydrogen) atoms. The number of nitrogens with two attached hydrogens (primary N) is 3. The summed E-state index contributed by atoms with van der Waals surface area (Å²) in [7, 11) is 0. The minimum Gasteiger partial charge on any atom is -0.466 e. The van der Waals surface area contributed by atoms with E-state index in [9.17, 15) is 9.59 Å². The molecule has 0 aliphatic heterocycles. The van der Waals surface area contributed by atoms with E-state index in [0.717, 1.165) is 0 Å². The van der Waals surface area contributed by atoms with Crippen LogP contribution in [0, 0.1) is 0 Å². The van der Waals surface area contributed by atoms with Gasteiger partial charge in [-0.2, -0.15) is 0 Å². The SMILES string of the molecule is C.CCOC(=O)Cc1csc(N)n1.NC(=O)Cc1csc(N)n1. The highest BCUT2D eigenvalue weighted by molar-refractivity contribution is 7.13. The summed E-state index contributed by atoms with van der Waals surface area (Å²) < 4.78 is 4.74. The van der Waals surface area contributed by atoms with Crippen LogP contribution in [0.15, 0.2) is 10.8 Å². The van der Waals surface area contributed by atoms with Crippen LogP contribution in [-0.4, -0.2) is 28.5 Å². The second-order valence-corrected chi connectivity index (χ2v) is 5.76. The molecule has 0 spiro atoms. The lowest BCUT2D eigenvalue weighted by Gasteiger charge is -1.97. The Morgan fingerprint density at radius 2 is 1.57 bits per heavy atom. The summed E-state index contributed by atoms with van der Waals surface area (Å²) in [6.45, 7) is 2.17. The van der Waals surface area contributed by atoms with Crippen molar-refractivity contribution in [2.24, 2.45) is 5.73 Å².